The molecule has 0 aliphatic rings. The Bertz CT molecular complexity index is 1100. The van der Waals surface area contributed by atoms with E-state index in [1.54, 1.807) is 18.2 Å². The number of nitrogens with zero attached hydrogens (tertiary/aromatic N) is 2. The standard InChI is InChI=1S/C21H19N3O3S/c1-4-27-17-8-6-14(11-18(17)26-3)10-15(12-22)20(25)24-21-23-16-7-5-13(2)9-19(16)28-21/h5-11H,4H2,1-3H3,(H,23,24,25)/b15-10+. The minimum atomic E-state index is -0.508. The van der Waals surface area contributed by atoms with E-state index >= 15 is 0 Å². The van der Waals surface area contributed by atoms with Crippen molar-refractivity contribution in [3.05, 3.63) is 53.1 Å². The van der Waals surface area contributed by atoms with Crippen molar-refractivity contribution >= 4 is 38.7 Å². The number of fused-ring (bicyclic) bond motifs is 1. The van der Waals surface area contributed by atoms with Gasteiger partial charge in [-0.15, -0.1) is 0 Å². The number of nitrogens with one attached hydrogen (secondary N) is 1. The van der Waals surface area contributed by atoms with E-state index in [1.807, 2.05) is 38.1 Å². The summed E-state index contributed by atoms with van der Waals surface area (Å²) in [4.78, 5) is 16.9. The summed E-state index contributed by atoms with van der Waals surface area (Å²) in [5, 5.41) is 12.6. The first-order valence-electron chi connectivity index (χ1n) is 8.65. The second-order valence-electron chi connectivity index (χ2n) is 5.96. The zero-order chi connectivity index (χ0) is 20.1. The van der Waals surface area contributed by atoms with Gasteiger partial charge < -0.3 is 9.47 Å². The molecule has 0 bridgehead atoms. The third-order valence-corrected chi connectivity index (χ3v) is 4.86. The van der Waals surface area contributed by atoms with Gasteiger partial charge in [0.1, 0.15) is 11.6 Å². The van der Waals surface area contributed by atoms with Crippen LogP contribution in [0.3, 0.4) is 0 Å². The number of aromatic nitrogens is 1. The third kappa shape index (κ3) is 4.30. The van der Waals surface area contributed by atoms with Gasteiger partial charge in [0, 0.05) is 0 Å². The second-order valence-corrected chi connectivity index (χ2v) is 6.99. The Morgan fingerprint density at radius 2 is 2.11 bits per heavy atom. The monoisotopic (exact) mass is 393 g/mol. The van der Waals surface area contributed by atoms with E-state index in [0.717, 1.165) is 15.8 Å². The molecule has 2 aromatic carbocycles. The van der Waals surface area contributed by atoms with Crippen molar-refractivity contribution in [3.63, 3.8) is 0 Å². The molecule has 0 spiro atoms. The maximum Gasteiger partial charge on any atom is 0.268 e. The molecular formula is C21H19N3O3S. The average molecular weight is 393 g/mol. The number of carbonyl (C=O) groups excluding carboxylic acids is 1. The van der Waals surface area contributed by atoms with Gasteiger partial charge in [0.05, 0.1) is 23.9 Å². The van der Waals surface area contributed by atoms with Crippen LogP contribution in [0.2, 0.25) is 0 Å². The van der Waals surface area contributed by atoms with Crippen molar-refractivity contribution in [2.75, 3.05) is 19.0 Å². The van der Waals surface area contributed by atoms with Crippen molar-refractivity contribution in [1.29, 1.82) is 5.26 Å². The van der Waals surface area contributed by atoms with Gasteiger partial charge in [0.2, 0.25) is 0 Å². The summed E-state index contributed by atoms with van der Waals surface area (Å²) in [5.41, 5.74) is 2.56. The molecule has 0 atom stereocenters. The summed E-state index contributed by atoms with van der Waals surface area (Å²) in [6.07, 6.45) is 1.51. The van der Waals surface area contributed by atoms with E-state index in [2.05, 4.69) is 10.3 Å². The van der Waals surface area contributed by atoms with Crippen LogP contribution in [0.5, 0.6) is 11.5 Å². The Hall–Kier alpha value is -3.37. The molecule has 0 aliphatic heterocycles. The number of hydrogen-bond acceptors (Lipinski definition) is 6. The van der Waals surface area contributed by atoms with Gasteiger partial charge in [0.15, 0.2) is 16.6 Å². The lowest BCUT2D eigenvalue weighted by molar-refractivity contribution is -0.112. The van der Waals surface area contributed by atoms with Crippen molar-refractivity contribution in [3.8, 4) is 17.6 Å². The van der Waals surface area contributed by atoms with Gasteiger partial charge in [-0.25, -0.2) is 4.98 Å². The Morgan fingerprint density at radius 3 is 2.82 bits per heavy atom. The van der Waals surface area contributed by atoms with Crippen LogP contribution in [0.1, 0.15) is 18.1 Å². The molecule has 1 N–H and O–H groups in total. The van der Waals surface area contributed by atoms with Gasteiger partial charge in [-0.2, -0.15) is 5.26 Å². The molecule has 3 rings (SSSR count). The SMILES string of the molecule is CCOc1ccc(/C=C(\C#N)C(=O)Nc2nc3ccc(C)cc3s2)cc1OC. The fraction of sp³-hybridized carbons (Fsp3) is 0.190. The molecule has 1 heterocycles. The normalized spacial score (nSPS) is 11.1. The molecule has 0 saturated carbocycles. The number of amides is 1. The summed E-state index contributed by atoms with van der Waals surface area (Å²) in [6.45, 7) is 4.40. The number of benzene rings is 2. The molecule has 1 amide bonds. The van der Waals surface area contributed by atoms with Gasteiger partial charge >= 0.3 is 0 Å². The van der Waals surface area contributed by atoms with Crippen LogP contribution >= 0.6 is 11.3 Å². The summed E-state index contributed by atoms with van der Waals surface area (Å²) in [5.74, 6) is 0.635. The summed E-state index contributed by atoms with van der Waals surface area (Å²) < 4.78 is 11.8. The summed E-state index contributed by atoms with van der Waals surface area (Å²) >= 11 is 1.37. The average Bonchev–Trinajstić information content (AvgIpc) is 3.08. The third-order valence-electron chi connectivity index (χ3n) is 3.93. The van der Waals surface area contributed by atoms with E-state index in [0.29, 0.717) is 28.8 Å². The molecule has 0 unspecified atom stereocenters. The molecule has 142 valence electrons. The Balaban J connectivity index is 1.83. The largest absolute Gasteiger partial charge is 0.493 e. The highest BCUT2D eigenvalue weighted by atomic mass is 32.1. The van der Waals surface area contributed by atoms with Crippen molar-refractivity contribution in [2.24, 2.45) is 0 Å². The van der Waals surface area contributed by atoms with Gasteiger partial charge in [0.25, 0.3) is 5.91 Å². The summed E-state index contributed by atoms with van der Waals surface area (Å²) in [6, 6.07) is 13.1. The minimum Gasteiger partial charge on any atom is -0.493 e. The van der Waals surface area contributed by atoms with Gasteiger partial charge in [-0.1, -0.05) is 23.5 Å². The molecule has 3 aromatic rings. The molecule has 0 fully saturated rings. The van der Waals surface area contributed by atoms with Crippen molar-refractivity contribution in [1.82, 2.24) is 4.98 Å². The van der Waals surface area contributed by atoms with E-state index in [4.69, 9.17) is 9.47 Å². The number of ether oxygens (including phenoxy) is 2. The fourth-order valence-electron chi connectivity index (χ4n) is 2.61. The predicted octanol–water partition coefficient (Wildman–Crippen LogP) is 4.56. The molecule has 0 saturated heterocycles. The molecule has 0 radical (unpaired) electrons. The smallest absolute Gasteiger partial charge is 0.268 e. The number of thiazole rings is 1. The number of aryl methyl sites for hydroxylation is 1. The van der Waals surface area contributed by atoms with E-state index in [-0.39, 0.29) is 5.57 Å². The topological polar surface area (TPSA) is 84.2 Å². The predicted molar refractivity (Wildman–Crippen MR) is 111 cm³/mol. The highest BCUT2D eigenvalue weighted by Crippen LogP contribution is 2.29. The molecule has 0 aliphatic carbocycles. The number of rotatable bonds is 6. The first-order chi connectivity index (χ1) is 13.5. The number of nitriles is 1. The van der Waals surface area contributed by atoms with Crippen LogP contribution in [0, 0.1) is 18.3 Å². The van der Waals surface area contributed by atoms with E-state index in [1.165, 1.54) is 24.5 Å². The fourth-order valence-corrected chi connectivity index (χ4v) is 3.57. The van der Waals surface area contributed by atoms with Crippen LogP contribution in [0.15, 0.2) is 42.0 Å². The van der Waals surface area contributed by atoms with Crippen LogP contribution in [-0.2, 0) is 4.79 Å². The van der Waals surface area contributed by atoms with Crippen LogP contribution in [0.25, 0.3) is 16.3 Å². The molecule has 28 heavy (non-hydrogen) atoms. The minimum absolute atomic E-state index is 0.0263. The zero-order valence-corrected chi connectivity index (χ0v) is 16.6. The number of hydrogen-bond donors (Lipinski definition) is 1. The van der Waals surface area contributed by atoms with Crippen LogP contribution in [0.4, 0.5) is 5.13 Å². The highest BCUT2D eigenvalue weighted by molar-refractivity contribution is 7.22. The number of anilines is 1. The lowest BCUT2D eigenvalue weighted by Crippen LogP contribution is -2.13. The first-order valence-corrected chi connectivity index (χ1v) is 9.47. The molecular weight excluding hydrogens is 374 g/mol. The maximum absolute atomic E-state index is 12.5. The van der Waals surface area contributed by atoms with Crippen LogP contribution in [-0.4, -0.2) is 24.6 Å². The summed E-state index contributed by atoms with van der Waals surface area (Å²) in [7, 11) is 1.54. The highest BCUT2D eigenvalue weighted by Gasteiger charge is 2.13. The van der Waals surface area contributed by atoms with E-state index < -0.39 is 5.91 Å². The van der Waals surface area contributed by atoms with Gasteiger partial charge in [-0.05, 0) is 55.3 Å². The van der Waals surface area contributed by atoms with Crippen LogP contribution < -0.4 is 14.8 Å². The molecule has 6 nitrogen and oxygen atoms in total. The Morgan fingerprint density at radius 1 is 1.29 bits per heavy atom. The second kappa shape index (κ2) is 8.55. The Kier molecular flexibility index (Phi) is 5.92. The lowest BCUT2D eigenvalue weighted by atomic mass is 10.1. The zero-order valence-electron chi connectivity index (χ0n) is 15.8. The number of carbonyl (C=O) groups is 1. The molecule has 1 aromatic heterocycles. The van der Waals surface area contributed by atoms with E-state index in [9.17, 15) is 10.1 Å². The maximum atomic E-state index is 12.5. The molecule has 7 heteroatoms. The Labute approximate surface area is 167 Å². The first kappa shape index (κ1) is 19.4. The van der Waals surface area contributed by atoms with Crippen molar-refractivity contribution in [2.45, 2.75) is 13.8 Å². The van der Waals surface area contributed by atoms with Gasteiger partial charge in [-0.3, -0.25) is 10.1 Å². The number of methoxy groups -OCH3 is 1. The van der Waals surface area contributed by atoms with Crippen molar-refractivity contribution < 1.29 is 14.3 Å². The quantitative estimate of drug-likeness (QED) is 0.490. The lowest BCUT2D eigenvalue weighted by Gasteiger charge is -2.09.